The molecule has 2 aromatic rings. The molecule has 0 aliphatic heterocycles. The number of nitrogens with zero attached hydrogens (tertiary/aromatic N) is 3. The van der Waals surface area contributed by atoms with Gasteiger partial charge in [-0.25, -0.2) is 13.4 Å². The Morgan fingerprint density at radius 3 is 2.84 bits per heavy atom. The molecule has 0 saturated carbocycles. The van der Waals surface area contributed by atoms with Gasteiger partial charge in [0, 0.05) is 17.4 Å². The van der Waals surface area contributed by atoms with Crippen molar-refractivity contribution >= 4 is 32.9 Å². The van der Waals surface area contributed by atoms with E-state index in [4.69, 9.17) is 4.42 Å². The second-order valence-corrected chi connectivity index (χ2v) is 8.34. The van der Waals surface area contributed by atoms with Gasteiger partial charge in [-0.3, -0.25) is 0 Å². The maximum Gasteiger partial charge on any atom is 0.276 e. The molecule has 19 heavy (non-hydrogen) atoms. The molecule has 0 spiro atoms. The molecule has 9 heteroatoms. The van der Waals surface area contributed by atoms with Gasteiger partial charge in [0.1, 0.15) is 9.84 Å². The molecule has 0 N–H and O–H groups in total. The normalized spacial score (nSPS) is 11.9. The summed E-state index contributed by atoms with van der Waals surface area (Å²) in [5, 5.41) is 11.1. The van der Waals surface area contributed by atoms with Gasteiger partial charge >= 0.3 is 0 Å². The van der Waals surface area contributed by atoms with Gasteiger partial charge in [0.15, 0.2) is 0 Å². The molecule has 0 aliphatic rings. The third-order valence-corrected chi connectivity index (χ3v) is 4.97. The maximum atomic E-state index is 11.0. The number of thiazole rings is 1. The Morgan fingerprint density at radius 2 is 2.21 bits per heavy atom. The van der Waals surface area contributed by atoms with Crippen LogP contribution in [0.15, 0.2) is 15.0 Å². The van der Waals surface area contributed by atoms with Crippen molar-refractivity contribution in [1.29, 1.82) is 0 Å². The average molecular weight is 319 g/mol. The van der Waals surface area contributed by atoms with E-state index in [1.165, 1.54) is 18.0 Å². The molecular formula is C10H13N3O3S3. The van der Waals surface area contributed by atoms with Crippen LogP contribution in [-0.2, 0) is 16.3 Å². The summed E-state index contributed by atoms with van der Waals surface area (Å²) >= 11 is 2.82. The molecule has 0 bridgehead atoms. The summed E-state index contributed by atoms with van der Waals surface area (Å²) in [7, 11) is -2.95. The van der Waals surface area contributed by atoms with Gasteiger partial charge < -0.3 is 4.42 Å². The molecule has 104 valence electrons. The predicted octanol–water partition coefficient (Wildman–Crippen LogP) is 1.56. The Balaban J connectivity index is 1.88. The highest BCUT2D eigenvalue weighted by atomic mass is 32.2. The largest absolute Gasteiger partial charge is 0.416 e. The zero-order valence-corrected chi connectivity index (χ0v) is 12.9. The monoisotopic (exact) mass is 319 g/mol. The summed E-state index contributed by atoms with van der Waals surface area (Å²) < 4.78 is 27.4. The lowest BCUT2D eigenvalue weighted by atomic mass is 10.3. The smallest absolute Gasteiger partial charge is 0.276 e. The minimum absolute atomic E-state index is 0.0979. The number of aromatic nitrogens is 3. The van der Waals surface area contributed by atoms with E-state index >= 15 is 0 Å². The predicted molar refractivity (Wildman–Crippen MR) is 74.4 cm³/mol. The van der Waals surface area contributed by atoms with Crippen molar-refractivity contribution in [2.45, 2.75) is 18.6 Å². The molecule has 0 unspecified atom stereocenters. The van der Waals surface area contributed by atoms with Gasteiger partial charge in [-0.1, -0.05) is 11.8 Å². The van der Waals surface area contributed by atoms with E-state index < -0.39 is 9.84 Å². The molecular weight excluding hydrogens is 306 g/mol. The fraction of sp³-hybridized carbons (Fsp3) is 0.500. The molecule has 2 rings (SSSR count). The van der Waals surface area contributed by atoms with Crippen LogP contribution < -0.4 is 0 Å². The van der Waals surface area contributed by atoms with E-state index in [-0.39, 0.29) is 5.75 Å². The van der Waals surface area contributed by atoms with Gasteiger partial charge in [0.25, 0.3) is 5.22 Å². The lowest BCUT2D eigenvalue weighted by Gasteiger charge is -1.94. The summed E-state index contributed by atoms with van der Waals surface area (Å²) in [6, 6.07) is 0. The molecule has 0 aromatic carbocycles. The van der Waals surface area contributed by atoms with Crippen molar-refractivity contribution in [2.75, 3.05) is 17.8 Å². The molecule has 0 radical (unpaired) electrons. The summed E-state index contributed by atoms with van der Waals surface area (Å²) in [5.41, 5.74) is 0.902. The van der Waals surface area contributed by atoms with Crippen molar-refractivity contribution in [3.05, 3.63) is 22.0 Å². The minimum Gasteiger partial charge on any atom is -0.416 e. The number of aryl methyl sites for hydroxylation is 1. The molecule has 2 aromatic heterocycles. The lowest BCUT2D eigenvalue weighted by molar-refractivity contribution is 0.419. The first-order valence-electron chi connectivity index (χ1n) is 5.46. The Labute approximate surface area is 119 Å². The first-order chi connectivity index (χ1) is 8.92. The molecule has 0 aliphatic carbocycles. The van der Waals surface area contributed by atoms with E-state index in [2.05, 4.69) is 15.2 Å². The highest BCUT2D eigenvalue weighted by molar-refractivity contribution is 8.00. The lowest BCUT2D eigenvalue weighted by Crippen LogP contribution is -2.04. The van der Waals surface area contributed by atoms with Gasteiger partial charge in [-0.2, -0.15) is 0 Å². The van der Waals surface area contributed by atoms with Crippen LogP contribution in [0.4, 0.5) is 0 Å². The van der Waals surface area contributed by atoms with Crippen LogP contribution in [0.2, 0.25) is 0 Å². The van der Waals surface area contributed by atoms with Crippen molar-refractivity contribution in [2.24, 2.45) is 0 Å². The van der Waals surface area contributed by atoms with Crippen molar-refractivity contribution in [3.8, 4) is 0 Å². The second-order valence-electron chi connectivity index (χ2n) is 3.97. The highest BCUT2D eigenvalue weighted by Gasteiger charge is 2.10. The summed E-state index contributed by atoms with van der Waals surface area (Å²) in [5.74, 6) is 1.00. The van der Waals surface area contributed by atoms with Gasteiger partial charge in [-0.15, -0.1) is 21.5 Å². The Bertz CT molecular complexity index is 648. The third-order valence-electron chi connectivity index (χ3n) is 2.13. The Kier molecular flexibility index (Phi) is 4.58. The summed E-state index contributed by atoms with van der Waals surface area (Å²) in [4.78, 5) is 4.31. The second kappa shape index (κ2) is 6.02. The third kappa shape index (κ3) is 4.92. The van der Waals surface area contributed by atoms with Crippen molar-refractivity contribution in [1.82, 2.24) is 15.2 Å². The fourth-order valence-corrected chi connectivity index (χ4v) is 3.88. The molecule has 6 nitrogen and oxygen atoms in total. The Hall–Kier alpha value is -0.930. The Morgan fingerprint density at radius 1 is 1.42 bits per heavy atom. The van der Waals surface area contributed by atoms with Gasteiger partial charge in [0.05, 0.1) is 22.9 Å². The van der Waals surface area contributed by atoms with Crippen LogP contribution in [0.25, 0.3) is 0 Å². The number of thioether (sulfide) groups is 1. The molecule has 0 fully saturated rings. The van der Waals surface area contributed by atoms with Crippen LogP contribution in [0.3, 0.4) is 0 Å². The van der Waals surface area contributed by atoms with Crippen LogP contribution in [0.5, 0.6) is 0 Å². The zero-order chi connectivity index (χ0) is 13.9. The molecule has 0 amide bonds. The zero-order valence-electron chi connectivity index (χ0n) is 10.5. The quantitative estimate of drug-likeness (QED) is 0.747. The van der Waals surface area contributed by atoms with Crippen LogP contribution in [0.1, 0.15) is 16.6 Å². The van der Waals surface area contributed by atoms with E-state index in [1.54, 1.807) is 11.3 Å². The molecule has 2 heterocycles. The van der Waals surface area contributed by atoms with Gasteiger partial charge in [0.2, 0.25) is 5.89 Å². The number of hydrogen-bond acceptors (Lipinski definition) is 8. The maximum absolute atomic E-state index is 11.0. The molecule has 0 atom stereocenters. The van der Waals surface area contributed by atoms with E-state index in [1.807, 2.05) is 12.3 Å². The summed E-state index contributed by atoms with van der Waals surface area (Å²) in [6.45, 7) is 1.94. The van der Waals surface area contributed by atoms with Crippen molar-refractivity contribution in [3.63, 3.8) is 0 Å². The topological polar surface area (TPSA) is 86.0 Å². The highest BCUT2D eigenvalue weighted by Crippen LogP contribution is 2.18. The standard InChI is InChI=1S/C10H13N3O3S3/c1-7-11-8(6-18-7)5-9-12-13-10(16-9)17-3-4-19(2,14)15/h6H,3-5H2,1-2H3. The first-order valence-corrected chi connectivity index (χ1v) is 9.39. The minimum atomic E-state index is -2.95. The van der Waals surface area contributed by atoms with E-state index in [0.717, 1.165) is 10.7 Å². The van der Waals surface area contributed by atoms with Crippen LogP contribution in [-0.4, -0.2) is 41.4 Å². The average Bonchev–Trinajstić information content (AvgIpc) is 2.87. The van der Waals surface area contributed by atoms with E-state index in [9.17, 15) is 8.42 Å². The van der Waals surface area contributed by atoms with E-state index in [0.29, 0.717) is 23.3 Å². The van der Waals surface area contributed by atoms with Crippen LogP contribution >= 0.6 is 23.1 Å². The van der Waals surface area contributed by atoms with Crippen LogP contribution in [0, 0.1) is 6.92 Å². The number of hydrogen-bond donors (Lipinski definition) is 0. The summed E-state index contributed by atoms with van der Waals surface area (Å²) in [6.07, 6.45) is 1.71. The van der Waals surface area contributed by atoms with Crippen molar-refractivity contribution < 1.29 is 12.8 Å². The SMILES string of the molecule is Cc1nc(Cc2nnc(SCCS(C)(=O)=O)o2)cs1. The van der Waals surface area contributed by atoms with Gasteiger partial charge in [-0.05, 0) is 6.92 Å². The number of sulfone groups is 1. The molecule has 0 saturated heterocycles. The first kappa shape index (κ1) is 14.5. The fourth-order valence-electron chi connectivity index (χ4n) is 1.29. The number of rotatable bonds is 6.